The maximum absolute atomic E-state index is 9.80. The Labute approximate surface area is 145 Å². The summed E-state index contributed by atoms with van der Waals surface area (Å²) in [6.45, 7) is 9.59. The van der Waals surface area contributed by atoms with Gasteiger partial charge in [-0.1, -0.05) is 27.7 Å². The summed E-state index contributed by atoms with van der Waals surface area (Å²) in [5.41, 5.74) is 0. The van der Waals surface area contributed by atoms with Crippen molar-refractivity contribution in [1.82, 2.24) is 10.6 Å². The van der Waals surface area contributed by atoms with Gasteiger partial charge in [0.2, 0.25) is 0 Å². The zero-order valence-electron chi connectivity index (χ0n) is 15.2. The van der Waals surface area contributed by atoms with Gasteiger partial charge < -0.3 is 30.3 Å². The molecule has 0 heterocycles. The van der Waals surface area contributed by atoms with Crippen LogP contribution in [0.1, 0.15) is 27.7 Å². The predicted octanol–water partition coefficient (Wildman–Crippen LogP) is 1.16. The van der Waals surface area contributed by atoms with Crippen LogP contribution in [-0.2, 0) is 0 Å². The summed E-state index contributed by atoms with van der Waals surface area (Å²) in [4.78, 5) is 0. The Morgan fingerprint density at radius 1 is 0.750 bits per heavy atom. The van der Waals surface area contributed by atoms with Gasteiger partial charge in [0.15, 0.2) is 0 Å². The number of hydrogen-bond acceptors (Lipinski definition) is 6. The molecule has 0 saturated carbocycles. The second-order valence-corrected chi connectivity index (χ2v) is 6.53. The monoisotopic (exact) mass is 340 g/mol. The first-order valence-corrected chi connectivity index (χ1v) is 8.55. The first kappa shape index (κ1) is 20.7. The van der Waals surface area contributed by atoms with Crippen molar-refractivity contribution < 1.29 is 19.7 Å². The minimum Gasteiger partial charge on any atom is -0.491 e. The zero-order chi connectivity index (χ0) is 17.9. The lowest BCUT2D eigenvalue weighted by atomic mass is 10.3. The van der Waals surface area contributed by atoms with Crippen LogP contribution in [0, 0.1) is 0 Å². The molecule has 6 nitrogen and oxygen atoms in total. The Kier molecular flexibility index (Phi) is 9.71. The molecule has 0 bridgehead atoms. The van der Waals surface area contributed by atoms with Crippen molar-refractivity contribution in [3.63, 3.8) is 0 Å². The van der Waals surface area contributed by atoms with E-state index in [1.54, 1.807) is 24.3 Å². The highest BCUT2D eigenvalue weighted by atomic mass is 16.5. The number of aliphatic hydroxyl groups is 2. The lowest BCUT2D eigenvalue weighted by Crippen LogP contribution is -2.35. The van der Waals surface area contributed by atoms with Gasteiger partial charge in [-0.3, -0.25) is 0 Å². The summed E-state index contributed by atoms with van der Waals surface area (Å²) in [7, 11) is 0. The maximum Gasteiger partial charge on any atom is 0.119 e. The molecule has 1 aromatic rings. The van der Waals surface area contributed by atoms with Gasteiger partial charge >= 0.3 is 0 Å². The summed E-state index contributed by atoms with van der Waals surface area (Å²) >= 11 is 0. The molecule has 24 heavy (non-hydrogen) atoms. The first-order valence-electron chi connectivity index (χ1n) is 8.55. The van der Waals surface area contributed by atoms with Gasteiger partial charge in [-0.2, -0.15) is 0 Å². The quantitative estimate of drug-likeness (QED) is 0.457. The van der Waals surface area contributed by atoms with Crippen LogP contribution in [0.15, 0.2) is 24.3 Å². The van der Waals surface area contributed by atoms with Gasteiger partial charge in [-0.15, -0.1) is 0 Å². The molecule has 0 aromatic heterocycles. The number of hydrogen-bond donors (Lipinski definition) is 4. The maximum atomic E-state index is 9.80. The van der Waals surface area contributed by atoms with Crippen molar-refractivity contribution in [2.24, 2.45) is 0 Å². The van der Waals surface area contributed by atoms with E-state index in [0.717, 1.165) is 0 Å². The third kappa shape index (κ3) is 9.72. The van der Waals surface area contributed by atoms with Gasteiger partial charge in [0.25, 0.3) is 0 Å². The smallest absolute Gasteiger partial charge is 0.119 e. The largest absolute Gasteiger partial charge is 0.491 e. The molecule has 2 atom stereocenters. The van der Waals surface area contributed by atoms with E-state index in [4.69, 9.17) is 9.47 Å². The highest BCUT2D eigenvalue weighted by Gasteiger charge is 2.08. The fourth-order valence-corrected chi connectivity index (χ4v) is 1.88. The van der Waals surface area contributed by atoms with Crippen molar-refractivity contribution in [1.29, 1.82) is 0 Å². The Hall–Kier alpha value is -1.34. The van der Waals surface area contributed by atoms with Crippen LogP contribution in [-0.4, -0.2) is 60.8 Å². The Morgan fingerprint density at radius 2 is 1.08 bits per heavy atom. The molecule has 1 rings (SSSR count). The van der Waals surface area contributed by atoms with Crippen molar-refractivity contribution in [2.45, 2.75) is 52.0 Å². The number of nitrogens with one attached hydrogen (secondary N) is 2. The molecule has 0 unspecified atom stereocenters. The molecule has 0 aliphatic rings. The Bertz CT molecular complexity index is 396. The molecule has 4 N–H and O–H groups in total. The Balaban J connectivity index is 2.27. The summed E-state index contributed by atoms with van der Waals surface area (Å²) in [5.74, 6) is 1.35. The third-order valence-electron chi connectivity index (χ3n) is 3.23. The predicted molar refractivity (Wildman–Crippen MR) is 95.7 cm³/mol. The molecule has 1 aromatic carbocycles. The summed E-state index contributed by atoms with van der Waals surface area (Å²) in [6.07, 6.45) is -1.10. The van der Waals surface area contributed by atoms with Gasteiger partial charge in [0.1, 0.15) is 36.9 Å². The van der Waals surface area contributed by atoms with Gasteiger partial charge in [-0.25, -0.2) is 0 Å². The van der Waals surface area contributed by atoms with E-state index in [1.807, 2.05) is 27.7 Å². The van der Waals surface area contributed by atoms with Crippen molar-refractivity contribution in [2.75, 3.05) is 26.3 Å². The molecule has 0 amide bonds. The van der Waals surface area contributed by atoms with E-state index >= 15 is 0 Å². The van der Waals surface area contributed by atoms with E-state index in [9.17, 15) is 10.2 Å². The topological polar surface area (TPSA) is 83.0 Å². The molecule has 0 aliphatic carbocycles. The summed E-state index contributed by atoms with van der Waals surface area (Å²) in [5, 5.41) is 25.9. The highest BCUT2D eigenvalue weighted by Crippen LogP contribution is 2.17. The number of benzene rings is 1. The summed E-state index contributed by atoms with van der Waals surface area (Å²) < 4.78 is 11.1. The van der Waals surface area contributed by atoms with Crippen LogP contribution in [0.4, 0.5) is 0 Å². The molecule has 0 spiro atoms. The minimum atomic E-state index is -0.549. The molecular weight excluding hydrogens is 308 g/mol. The SMILES string of the molecule is CC(C)NC[C@@H](O)COc1ccc(OC[C@@H](O)CNC(C)C)cc1. The fraction of sp³-hybridized carbons (Fsp3) is 0.667. The van der Waals surface area contributed by atoms with Gasteiger partial charge in [0.05, 0.1) is 0 Å². The number of rotatable bonds is 12. The normalized spacial score (nSPS) is 14.0. The average Bonchev–Trinajstić information content (AvgIpc) is 2.55. The lowest BCUT2D eigenvalue weighted by molar-refractivity contribution is 0.103. The number of aliphatic hydroxyl groups excluding tert-OH is 2. The molecular formula is C18H32N2O4. The average molecular weight is 340 g/mol. The molecule has 0 aliphatic heterocycles. The van der Waals surface area contributed by atoms with Gasteiger partial charge in [0, 0.05) is 25.2 Å². The van der Waals surface area contributed by atoms with E-state index in [1.165, 1.54) is 0 Å². The lowest BCUT2D eigenvalue weighted by Gasteiger charge is -2.16. The standard InChI is InChI=1S/C18H32N2O4/c1-13(2)19-9-15(21)11-23-17-5-7-18(8-6-17)24-12-16(22)10-20-14(3)4/h5-8,13-16,19-22H,9-12H2,1-4H3/t15-,16+. The zero-order valence-corrected chi connectivity index (χ0v) is 15.2. The second-order valence-electron chi connectivity index (χ2n) is 6.53. The van der Waals surface area contributed by atoms with Crippen molar-refractivity contribution in [3.05, 3.63) is 24.3 Å². The summed E-state index contributed by atoms with van der Waals surface area (Å²) in [6, 6.07) is 7.82. The first-order chi connectivity index (χ1) is 11.4. The van der Waals surface area contributed by atoms with Crippen LogP contribution >= 0.6 is 0 Å². The second kappa shape index (κ2) is 11.3. The van der Waals surface area contributed by atoms with Crippen LogP contribution in [0.5, 0.6) is 11.5 Å². The third-order valence-corrected chi connectivity index (χ3v) is 3.23. The number of ether oxygens (including phenoxy) is 2. The van der Waals surface area contributed by atoms with E-state index < -0.39 is 12.2 Å². The molecule has 0 radical (unpaired) electrons. The van der Waals surface area contributed by atoms with Crippen LogP contribution in [0.25, 0.3) is 0 Å². The van der Waals surface area contributed by atoms with Crippen molar-refractivity contribution >= 4 is 0 Å². The molecule has 138 valence electrons. The fourth-order valence-electron chi connectivity index (χ4n) is 1.88. The van der Waals surface area contributed by atoms with Gasteiger partial charge in [-0.05, 0) is 24.3 Å². The molecule has 0 saturated heterocycles. The van der Waals surface area contributed by atoms with Crippen LogP contribution in [0.3, 0.4) is 0 Å². The minimum absolute atomic E-state index is 0.236. The van der Waals surface area contributed by atoms with E-state index in [-0.39, 0.29) is 13.2 Å². The molecule has 0 fully saturated rings. The van der Waals surface area contributed by atoms with E-state index in [0.29, 0.717) is 36.7 Å². The van der Waals surface area contributed by atoms with E-state index in [2.05, 4.69) is 10.6 Å². The van der Waals surface area contributed by atoms with Crippen molar-refractivity contribution in [3.8, 4) is 11.5 Å². The molecule has 6 heteroatoms. The van der Waals surface area contributed by atoms with Crippen LogP contribution in [0.2, 0.25) is 0 Å². The van der Waals surface area contributed by atoms with Crippen LogP contribution < -0.4 is 20.1 Å². The highest BCUT2D eigenvalue weighted by molar-refractivity contribution is 5.31. The Morgan fingerprint density at radius 3 is 1.38 bits per heavy atom.